The number of nitrogens with one attached hydrogen (secondary N) is 1. The Hall–Kier alpha value is -2.47. The van der Waals surface area contributed by atoms with Crippen molar-refractivity contribution in [2.24, 2.45) is 0 Å². The first kappa shape index (κ1) is 17.4. The van der Waals surface area contributed by atoms with E-state index in [1.165, 1.54) is 0 Å². The monoisotopic (exact) mass is 339 g/mol. The molecule has 6 nitrogen and oxygen atoms in total. The molecule has 6 heteroatoms. The summed E-state index contributed by atoms with van der Waals surface area (Å²) in [4.78, 5) is 25.1. The Bertz CT molecular complexity index is 664. The van der Waals surface area contributed by atoms with Gasteiger partial charge in [0.05, 0.1) is 6.54 Å². The quantitative estimate of drug-likeness (QED) is 0.868. The highest BCUT2D eigenvalue weighted by Gasteiger charge is 2.22. The summed E-state index contributed by atoms with van der Waals surface area (Å²) in [5.41, 5.74) is 1.11. The number of aromatic nitrogens is 2. The standard InChI is InChI=1S/C19H25N5O/c1-23(13-16-6-4-9-20-12-16)15-19(25)22-17-7-5-11-24(14-17)18-8-2-3-10-21-18/h2-4,6,8-10,12,17H,5,7,11,13-15H2,1H3,(H,22,25)/t17-/m0/s1. The predicted molar refractivity (Wildman–Crippen MR) is 98.2 cm³/mol. The molecule has 1 aliphatic heterocycles. The number of pyridine rings is 2. The van der Waals surface area contributed by atoms with Crippen LogP contribution in [0.3, 0.4) is 0 Å². The van der Waals surface area contributed by atoms with Gasteiger partial charge in [-0.1, -0.05) is 12.1 Å². The number of likely N-dealkylation sites (N-methyl/N-ethyl adjacent to an activating group) is 1. The molecule has 1 saturated heterocycles. The van der Waals surface area contributed by atoms with Crippen LogP contribution < -0.4 is 10.2 Å². The third-order valence-corrected chi connectivity index (χ3v) is 4.35. The van der Waals surface area contributed by atoms with Crippen LogP contribution in [0.15, 0.2) is 48.9 Å². The maximum absolute atomic E-state index is 12.4. The third kappa shape index (κ3) is 5.26. The maximum atomic E-state index is 12.4. The van der Waals surface area contributed by atoms with Crippen LogP contribution in [-0.2, 0) is 11.3 Å². The van der Waals surface area contributed by atoms with Crippen molar-refractivity contribution in [2.75, 3.05) is 31.6 Å². The lowest BCUT2D eigenvalue weighted by Crippen LogP contribution is -2.50. The minimum Gasteiger partial charge on any atom is -0.355 e. The second-order valence-corrected chi connectivity index (χ2v) is 6.57. The number of carbonyl (C=O) groups is 1. The largest absolute Gasteiger partial charge is 0.355 e. The number of piperidine rings is 1. The van der Waals surface area contributed by atoms with Crippen molar-refractivity contribution in [2.45, 2.75) is 25.4 Å². The molecule has 2 aromatic rings. The van der Waals surface area contributed by atoms with Gasteiger partial charge in [0.25, 0.3) is 0 Å². The first-order valence-electron chi connectivity index (χ1n) is 8.73. The second-order valence-electron chi connectivity index (χ2n) is 6.57. The Morgan fingerprint density at radius 3 is 3.00 bits per heavy atom. The number of nitrogens with zero attached hydrogens (tertiary/aromatic N) is 4. The molecule has 3 heterocycles. The minimum atomic E-state index is 0.0688. The SMILES string of the molecule is CN(CC(=O)N[C@H]1CCCN(c2ccccn2)C1)Cc1cccnc1. The molecule has 132 valence electrons. The summed E-state index contributed by atoms with van der Waals surface area (Å²) in [6.45, 7) is 2.90. The molecule has 1 fully saturated rings. The van der Waals surface area contributed by atoms with Crippen molar-refractivity contribution < 1.29 is 4.79 Å². The minimum absolute atomic E-state index is 0.0688. The van der Waals surface area contributed by atoms with E-state index in [2.05, 4.69) is 20.2 Å². The highest BCUT2D eigenvalue weighted by atomic mass is 16.2. The van der Waals surface area contributed by atoms with E-state index < -0.39 is 0 Å². The van der Waals surface area contributed by atoms with Gasteiger partial charge in [0.1, 0.15) is 5.82 Å². The molecule has 0 radical (unpaired) electrons. The Balaban J connectivity index is 1.47. The van der Waals surface area contributed by atoms with Crippen LogP contribution in [0.25, 0.3) is 0 Å². The van der Waals surface area contributed by atoms with E-state index in [4.69, 9.17) is 0 Å². The van der Waals surface area contributed by atoms with Gasteiger partial charge in [0, 0.05) is 44.3 Å². The molecule has 1 aliphatic rings. The molecule has 0 unspecified atom stereocenters. The number of carbonyl (C=O) groups excluding carboxylic acids is 1. The summed E-state index contributed by atoms with van der Waals surface area (Å²) in [6.07, 6.45) is 7.48. The fraction of sp³-hybridized carbons (Fsp3) is 0.421. The Morgan fingerprint density at radius 1 is 1.32 bits per heavy atom. The van der Waals surface area contributed by atoms with Crippen LogP contribution >= 0.6 is 0 Å². The molecule has 1 N–H and O–H groups in total. The number of rotatable bonds is 6. The van der Waals surface area contributed by atoms with Crippen LogP contribution in [0.1, 0.15) is 18.4 Å². The van der Waals surface area contributed by atoms with Crippen LogP contribution in [0.4, 0.5) is 5.82 Å². The Morgan fingerprint density at radius 2 is 2.24 bits per heavy atom. The molecule has 0 saturated carbocycles. The Labute approximate surface area is 148 Å². The average Bonchev–Trinajstić information content (AvgIpc) is 2.63. The second kappa shape index (κ2) is 8.58. The van der Waals surface area contributed by atoms with E-state index in [0.717, 1.165) is 37.3 Å². The van der Waals surface area contributed by atoms with Crippen molar-refractivity contribution in [1.29, 1.82) is 0 Å². The summed E-state index contributed by atoms with van der Waals surface area (Å²) in [6, 6.07) is 10.1. The smallest absolute Gasteiger partial charge is 0.234 e. The van der Waals surface area contributed by atoms with Crippen LogP contribution in [0, 0.1) is 0 Å². The topological polar surface area (TPSA) is 61.4 Å². The summed E-state index contributed by atoms with van der Waals surface area (Å²) in [7, 11) is 1.95. The van der Waals surface area contributed by atoms with Gasteiger partial charge in [-0.25, -0.2) is 4.98 Å². The van der Waals surface area contributed by atoms with Crippen molar-refractivity contribution in [3.63, 3.8) is 0 Å². The van der Waals surface area contributed by atoms with E-state index in [9.17, 15) is 4.79 Å². The van der Waals surface area contributed by atoms with Crippen molar-refractivity contribution in [3.05, 3.63) is 54.5 Å². The fourth-order valence-corrected chi connectivity index (χ4v) is 3.22. The fourth-order valence-electron chi connectivity index (χ4n) is 3.22. The molecule has 3 rings (SSSR count). The van der Waals surface area contributed by atoms with E-state index in [-0.39, 0.29) is 11.9 Å². The summed E-state index contributed by atoms with van der Waals surface area (Å²) in [5, 5.41) is 3.17. The van der Waals surface area contributed by atoms with Gasteiger partial charge in [0.15, 0.2) is 0 Å². The molecule has 2 aromatic heterocycles. The summed E-state index contributed by atoms with van der Waals surface area (Å²) >= 11 is 0. The lowest BCUT2D eigenvalue weighted by atomic mass is 10.1. The van der Waals surface area contributed by atoms with Gasteiger partial charge >= 0.3 is 0 Å². The van der Waals surface area contributed by atoms with Gasteiger partial charge in [-0.15, -0.1) is 0 Å². The number of anilines is 1. The lowest BCUT2D eigenvalue weighted by molar-refractivity contribution is -0.122. The van der Waals surface area contributed by atoms with Gasteiger partial charge in [-0.3, -0.25) is 14.7 Å². The van der Waals surface area contributed by atoms with Crippen molar-refractivity contribution >= 4 is 11.7 Å². The van der Waals surface area contributed by atoms with Gasteiger partial charge in [0.2, 0.25) is 5.91 Å². The molecule has 1 atom stereocenters. The zero-order valence-corrected chi connectivity index (χ0v) is 14.6. The Kier molecular flexibility index (Phi) is 5.95. The van der Waals surface area contributed by atoms with Crippen molar-refractivity contribution in [1.82, 2.24) is 20.2 Å². The molecular weight excluding hydrogens is 314 g/mol. The van der Waals surface area contributed by atoms with Gasteiger partial charge in [-0.2, -0.15) is 0 Å². The molecule has 0 aromatic carbocycles. The highest BCUT2D eigenvalue weighted by Crippen LogP contribution is 2.17. The molecular formula is C19H25N5O. The van der Waals surface area contributed by atoms with E-state index in [1.807, 2.05) is 54.7 Å². The molecule has 0 bridgehead atoms. The van der Waals surface area contributed by atoms with Crippen LogP contribution in [-0.4, -0.2) is 53.5 Å². The molecule has 0 aliphatic carbocycles. The zero-order valence-electron chi connectivity index (χ0n) is 14.6. The predicted octanol–water partition coefficient (Wildman–Crippen LogP) is 1.69. The highest BCUT2D eigenvalue weighted by molar-refractivity contribution is 5.78. The maximum Gasteiger partial charge on any atom is 0.234 e. The summed E-state index contributed by atoms with van der Waals surface area (Å²) < 4.78 is 0. The normalized spacial score (nSPS) is 17.5. The first-order chi connectivity index (χ1) is 12.2. The number of hydrogen-bond donors (Lipinski definition) is 1. The van der Waals surface area contributed by atoms with Crippen LogP contribution in [0.5, 0.6) is 0 Å². The zero-order chi connectivity index (χ0) is 17.5. The lowest BCUT2D eigenvalue weighted by Gasteiger charge is -2.34. The van der Waals surface area contributed by atoms with E-state index >= 15 is 0 Å². The average molecular weight is 339 g/mol. The van der Waals surface area contributed by atoms with Gasteiger partial charge < -0.3 is 10.2 Å². The first-order valence-corrected chi connectivity index (χ1v) is 8.73. The van der Waals surface area contributed by atoms with E-state index in [1.54, 1.807) is 6.20 Å². The van der Waals surface area contributed by atoms with Gasteiger partial charge in [-0.05, 0) is 43.7 Å². The number of hydrogen-bond acceptors (Lipinski definition) is 5. The molecule has 25 heavy (non-hydrogen) atoms. The summed E-state index contributed by atoms with van der Waals surface area (Å²) in [5.74, 6) is 1.05. The number of amides is 1. The van der Waals surface area contributed by atoms with Crippen LogP contribution in [0.2, 0.25) is 0 Å². The van der Waals surface area contributed by atoms with Crippen molar-refractivity contribution in [3.8, 4) is 0 Å². The molecule has 0 spiro atoms. The molecule has 1 amide bonds. The third-order valence-electron chi connectivity index (χ3n) is 4.35. The van der Waals surface area contributed by atoms with E-state index in [0.29, 0.717) is 13.1 Å².